The van der Waals surface area contributed by atoms with Gasteiger partial charge < -0.3 is 4.57 Å². The fourth-order valence-electron chi connectivity index (χ4n) is 7.45. The van der Waals surface area contributed by atoms with Gasteiger partial charge in [-0.25, -0.2) is 0 Å². The van der Waals surface area contributed by atoms with Crippen LogP contribution < -0.4 is 0 Å². The molecule has 0 spiro atoms. The van der Waals surface area contributed by atoms with Gasteiger partial charge in [0, 0.05) is 36.6 Å². The molecule has 44 heavy (non-hydrogen) atoms. The number of hydrogen-bond donors (Lipinski definition) is 0. The van der Waals surface area contributed by atoms with E-state index >= 15 is 0 Å². The Bertz CT molecular complexity index is 2610. The molecule has 0 saturated heterocycles. The van der Waals surface area contributed by atoms with Gasteiger partial charge in [0.15, 0.2) is 0 Å². The van der Waals surface area contributed by atoms with Crippen LogP contribution in [0.5, 0.6) is 0 Å². The van der Waals surface area contributed by atoms with E-state index in [4.69, 9.17) is 0 Å². The third kappa shape index (κ3) is 3.29. The van der Waals surface area contributed by atoms with Crippen LogP contribution >= 0.6 is 11.3 Å². The van der Waals surface area contributed by atoms with E-state index < -0.39 is 0 Å². The highest BCUT2D eigenvalue weighted by Gasteiger charge is 2.23. The summed E-state index contributed by atoms with van der Waals surface area (Å²) in [6, 6.07) is 56.1. The lowest BCUT2D eigenvalue weighted by molar-refractivity contribution is 1.18. The number of thiophene rings is 1. The molecule has 0 radical (unpaired) electrons. The average molecular weight is 576 g/mol. The van der Waals surface area contributed by atoms with Crippen LogP contribution in [0.1, 0.15) is 0 Å². The zero-order valence-electron chi connectivity index (χ0n) is 23.8. The minimum Gasteiger partial charge on any atom is -0.309 e. The Morgan fingerprint density at radius 3 is 1.50 bits per heavy atom. The molecular weight excluding hydrogens is 551 g/mol. The van der Waals surface area contributed by atoms with Gasteiger partial charge in [-0.3, -0.25) is 0 Å². The molecular formula is C42H25NS. The summed E-state index contributed by atoms with van der Waals surface area (Å²) in [5.74, 6) is 0. The number of benzene rings is 7. The lowest BCUT2D eigenvalue weighted by Gasteiger charge is -2.23. The molecule has 0 N–H and O–H groups in total. The molecule has 2 aromatic heterocycles. The SMILES string of the molecule is c1ccc2c(c1)-c1ccccc1-c1ccc(-n3c4ccccc4c4cc5sc6ccccc6c5cc43)cc1-c1ccccc1-2. The predicted molar refractivity (Wildman–Crippen MR) is 189 cm³/mol. The lowest BCUT2D eigenvalue weighted by Crippen LogP contribution is -1.99. The molecule has 204 valence electrons. The quantitative estimate of drug-likeness (QED) is 0.183. The Labute approximate surface area is 258 Å². The summed E-state index contributed by atoms with van der Waals surface area (Å²) in [5, 5.41) is 5.23. The number of fused-ring (bicyclic) bond motifs is 14. The number of aromatic nitrogens is 1. The fraction of sp³-hybridized carbons (Fsp3) is 0. The molecule has 7 aromatic carbocycles. The van der Waals surface area contributed by atoms with Crippen molar-refractivity contribution < 1.29 is 0 Å². The summed E-state index contributed by atoms with van der Waals surface area (Å²) in [6.07, 6.45) is 0. The molecule has 0 amide bonds. The van der Waals surface area contributed by atoms with Crippen LogP contribution in [0, 0.1) is 0 Å². The number of nitrogens with zero attached hydrogens (tertiary/aromatic N) is 1. The number of para-hydroxylation sites is 1. The van der Waals surface area contributed by atoms with Gasteiger partial charge >= 0.3 is 0 Å². The molecule has 0 saturated carbocycles. The molecule has 0 atom stereocenters. The van der Waals surface area contributed by atoms with E-state index in [1.165, 1.54) is 92.2 Å². The molecule has 0 aliphatic heterocycles. The Morgan fingerprint density at radius 2 is 0.841 bits per heavy atom. The summed E-state index contributed by atoms with van der Waals surface area (Å²) in [6.45, 7) is 0. The van der Waals surface area contributed by atoms with E-state index in [2.05, 4.69) is 156 Å². The van der Waals surface area contributed by atoms with Gasteiger partial charge in [0.25, 0.3) is 0 Å². The topological polar surface area (TPSA) is 4.93 Å². The van der Waals surface area contributed by atoms with Crippen LogP contribution in [0.4, 0.5) is 0 Å². The van der Waals surface area contributed by atoms with Crippen LogP contribution in [0.25, 0.3) is 92.2 Å². The Balaban J connectivity index is 1.32. The molecule has 0 bridgehead atoms. The molecule has 1 aliphatic rings. The van der Waals surface area contributed by atoms with E-state index in [0.717, 1.165) is 0 Å². The molecule has 2 heteroatoms. The summed E-state index contributed by atoms with van der Waals surface area (Å²) < 4.78 is 5.14. The van der Waals surface area contributed by atoms with E-state index in [1.807, 2.05) is 11.3 Å². The third-order valence-corrected chi connectivity index (χ3v) is 10.5. The third-order valence-electron chi connectivity index (χ3n) is 9.37. The molecule has 0 fully saturated rings. The second kappa shape index (κ2) is 9.03. The van der Waals surface area contributed by atoms with Gasteiger partial charge in [-0.15, -0.1) is 11.3 Å². The molecule has 1 aliphatic carbocycles. The average Bonchev–Trinajstić information content (AvgIpc) is 3.61. The van der Waals surface area contributed by atoms with Crippen molar-refractivity contribution in [3.63, 3.8) is 0 Å². The minimum absolute atomic E-state index is 1.18. The summed E-state index contributed by atoms with van der Waals surface area (Å²) in [7, 11) is 0. The summed E-state index contributed by atoms with van der Waals surface area (Å²) in [5.41, 5.74) is 13.8. The lowest BCUT2D eigenvalue weighted by atomic mass is 9.81. The van der Waals surface area contributed by atoms with Gasteiger partial charge in [0.1, 0.15) is 0 Å². The van der Waals surface area contributed by atoms with Gasteiger partial charge in [-0.1, -0.05) is 115 Å². The van der Waals surface area contributed by atoms with Crippen molar-refractivity contribution in [2.24, 2.45) is 0 Å². The molecule has 9 aromatic rings. The first-order chi connectivity index (χ1) is 21.8. The van der Waals surface area contributed by atoms with Gasteiger partial charge in [-0.05, 0) is 80.9 Å². The minimum atomic E-state index is 1.18. The zero-order chi connectivity index (χ0) is 28.8. The van der Waals surface area contributed by atoms with Crippen LogP contribution in [0.3, 0.4) is 0 Å². The monoisotopic (exact) mass is 575 g/mol. The van der Waals surface area contributed by atoms with E-state index in [9.17, 15) is 0 Å². The van der Waals surface area contributed by atoms with E-state index in [1.54, 1.807) is 0 Å². The largest absolute Gasteiger partial charge is 0.309 e. The van der Waals surface area contributed by atoms with Crippen LogP contribution in [-0.4, -0.2) is 4.57 Å². The van der Waals surface area contributed by atoms with Gasteiger partial charge in [-0.2, -0.15) is 0 Å². The van der Waals surface area contributed by atoms with Crippen LogP contribution in [-0.2, 0) is 0 Å². The van der Waals surface area contributed by atoms with Gasteiger partial charge in [0.2, 0.25) is 0 Å². The van der Waals surface area contributed by atoms with Crippen LogP contribution in [0.2, 0.25) is 0 Å². The summed E-state index contributed by atoms with van der Waals surface area (Å²) in [4.78, 5) is 0. The van der Waals surface area contributed by atoms with Gasteiger partial charge in [0.05, 0.1) is 11.0 Å². The second-order valence-electron chi connectivity index (χ2n) is 11.7. The van der Waals surface area contributed by atoms with Crippen molar-refractivity contribution in [2.75, 3.05) is 0 Å². The van der Waals surface area contributed by atoms with Crippen molar-refractivity contribution in [3.8, 4) is 50.2 Å². The fourth-order valence-corrected chi connectivity index (χ4v) is 8.58. The normalized spacial score (nSPS) is 12.1. The maximum absolute atomic E-state index is 2.47. The maximum atomic E-state index is 2.47. The highest BCUT2D eigenvalue weighted by molar-refractivity contribution is 7.25. The smallest absolute Gasteiger partial charge is 0.0548 e. The molecule has 1 nitrogen and oxygen atoms in total. The Kier molecular flexibility index (Phi) is 4.94. The van der Waals surface area contributed by atoms with Crippen molar-refractivity contribution in [1.29, 1.82) is 0 Å². The van der Waals surface area contributed by atoms with Crippen molar-refractivity contribution in [2.45, 2.75) is 0 Å². The first-order valence-electron chi connectivity index (χ1n) is 15.1. The highest BCUT2D eigenvalue weighted by Crippen LogP contribution is 2.48. The maximum Gasteiger partial charge on any atom is 0.0548 e. The molecule has 0 unspecified atom stereocenters. The predicted octanol–water partition coefficient (Wildman–Crippen LogP) is 12.1. The molecule has 2 heterocycles. The van der Waals surface area contributed by atoms with Crippen molar-refractivity contribution in [3.05, 3.63) is 152 Å². The number of rotatable bonds is 1. The second-order valence-corrected chi connectivity index (χ2v) is 12.8. The Hall–Kier alpha value is -5.44. The summed E-state index contributed by atoms with van der Waals surface area (Å²) >= 11 is 1.88. The first kappa shape index (κ1) is 24.0. The van der Waals surface area contributed by atoms with Crippen molar-refractivity contribution >= 4 is 53.3 Å². The van der Waals surface area contributed by atoms with Crippen LogP contribution in [0.15, 0.2) is 152 Å². The first-order valence-corrected chi connectivity index (χ1v) is 15.9. The zero-order valence-corrected chi connectivity index (χ0v) is 24.6. The van der Waals surface area contributed by atoms with E-state index in [-0.39, 0.29) is 0 Å². The molecule has 10 rings (SSSR count). The van der Waals surface area contributed by atoms with Crippen molar-refractivity contribution in [1.82, 2.24) is 4.57 Å². The number of hydrogen-bond acceptors (Lipinski definition) is 1. The van der Waals surface area contributed by atoms with E-state index in [0.29, 0.717) is 0 Å². The standard InChI is InChI=1S/C42H25NS/c1-2-12-28-27(11-1)29-13-3-4-15-31(29)33-22-21-26(23-36(33)32-16-6-5-14-30(28)32)43-39-19-9-7-17-34(39)37-25-42-38(24-40(37)43)35-18-8-10-20-41(35)44-42/h1-25H. The highest BCUT2D eigenvalue weighted by atomic mass is 32.1. The Morgan fingerprint density at radius 1 is 0.318 bits per heavy atom.